The van der Waals surface area contributed by atoms with Gasteiger partial charge in [-0.3, -0.25) is 9.13 Å². The second-order valence-electron chi connectivity index (χ2n) is 5.34. The average molecular weight is 461 g/mol. The molecule has 12 heteroatoms. The van der Waals surface area contributed by atoms with E-state index in [1.165, 1.54) is 0 Å². The molecule has 2 atom stereocenters. The van der Waals surface area contributed by atoms with Gasteiger partial charge in [0.1, 0.15) is 0 Å². The first-order chi connectivity index (χ1) is 10.6. The summed E-state index contributed by atoms with van der Waals surface area (Å²) in [4.78, 5) is 19.7. The molecule has 0 radical (unpaired) electrons. The van der Waals surface area contributed by atoms with Crippen LogP contribution < -0.4 is 0 Å². The van der Waals surface area contributed by atoms with Crippen LogP contribution in [0.1, 0.15) is 65.2 Å². The molecule has 0 aromatic heterocycles. The molecule has 0 aromatic carbocycles. The van der Waals surface area contributed by atoms with Gasteiger partial charge in [0, 0.05) is 0 Å². The molecule has 0 amide bonds. The molecule has 6 nitrogen and oxygen atoms in total. The first-order valence-electron chi connectivity index (χ1n) is 7.95. The minimum absolute atomic E-state index is 0. The van der Waals surface area contributed by atoms with Gasteiger partial charge in [-0.25, -0.2) is 0 Å². The monoisotopic (exact) mass is 460 g/mol. The summed E-state index contributed by atoms with van der Waals surface area (Å²) in [6, 6.07) is 0. The van der Waals surface area contributed by atoms with Crippen molar-refractivity contribution >= 4 is 97.5 Å². The van der Waals surface area contributed by atoms with Crippen LogP contribution in [0.5, 0.6) is 0 Å². The summed E-state index contributed by atoms with van der Waals surface area (Å²) in [5.41, 5.74) is 0. The van der Waals surface area contributed by atoms with Crippen LogP contribution in [-0.4, -0.2) is 85.9 Å². The Morgan fingerprint density at radius 1 is 0.760 bits per heavy atom. The normalized spacial score (nSPS) is 16.2. The molecule has 0 spiro atoms. The van der Waals surface area contributed by atoms with Gasteiger partial charge in [-0.1, -0.05) is 75.6 Å². The minimum atomic E-state index is -4.73. The van der Waals surface area contributed by atoms with Crippen molar-refractivity contribution in [3.63, 3.8) is 0 Å². The van der Waals surface area contributed by atoms with E-state index < -0.39 is 19.0 Å². The molecule has 2 unspecified atom stereocenters. The van der Waals surface area contributed by atoms with Crippen LogP contribution in [0.3, 0.4) is 0 Å². The summed E-state index contributed by atoms with van der Waals surface area (Å²) in [6.07, 6.45) is 6.65. The Labute approximate surface area is 205 Å². The van der Waals surface area contributed by atoms with Crippen molar-refractivity contribution in [1.82, 2.24) is 0 Å². The van der Waals surface area contributed by atoms with Crippen LogP contribution in [0.4, 0.5) is 0 Å². The van der Waals surface area contributed by atoms with Gasteiger partial charge in [0.15, 0.2) is 0 Å². The van der Waals surface area contributed by atoms with E-state index in [1.54, 1.807) is 0 Å². The van der Waals surface area contributed by atoms with Crippen LogP contribution in [0.25, 0.3) is 0 Å². The van der Waals surface area contributed by atoms with Crippen molar-refractivity contribution in [3.05, 3.63) is 0 Å². The Morgan fingerprint density at radius 3 is 1.36 bits per heavy atom. The van der Waals surface area contributed by atoms with Crippen molar-refractivity contribution in [2.75, 3.05) is 13.2 Å². The van der Waals surface area contributed by atoms with Crippen LogP contribution in [0.2, 0.25) is 0 Å². The van der Waals surface area contributed by atoms with Crippen molar-refractivity contribution in [2.24, 2.45) is 0 Å². The maximum atomic E-state index is 12.1. The van der Waals surface area contributed by atoms with Gasteiger partial charge in [0.05, 0.1) is 13.2 Å². The molecule has 0 heterocycles. The summed E-state index contributed by atoms with van der Waals surface area (Å²) < 4.78 is 30.9. The molecule has 25 heavy (non-hydrogen) atoms. The second-order valence-corrected chi connectivity index (χ2v) is 12.0. The zero-order chi connectivity index (χ0) is 18.0. The van der Waals surface area contributed by atoms with Crippen LogP contribution in [0.15, 0.2) is 0 Å². The van der Waals surface area contributed by atoms with E-state index in [0.717, 1.165) is 38.5 Å². The predicted octanol–water partition coefficient (Wildman–Crippen LogP) is 4.34. The van der Waals surface area contributed by atoms with Crippen LogP contribution in [-0.2, 0) is 18.2 Å². The van der Waals surface area contributed by atoms with Gasteiger partial charge in [0.2, 0.25) is 0 Å². The molecular formula is C13H30Cl2Na2O6P2. The average Bonchev–Trinajstić information content (AvgIpc) is 2.46. The molecular weight excluding hydrogens is 431 g/mol. The first-order valence-corrected chi connectivity index (χ1v) is 11.9. The second kappa shape index (κ2) is 16.7. The molecule has 0 aliphatic carbocycles. The molecule has 2 N–H and O–H groups in total. The number of halogens is 2. The molecule has 144 valence electrons. The van der Waals surface area contributed by atoms with Crippen molar-refractivity contribution < 1.29 is 28.0 Å². The Kier molecular flexibility index (Phi) is 21.7. The van der Waals surface area contributed by atoms with Crippen molar-refractivity contribution in [2.45, 2.75) is 69.0 Å². The third kappa shape index (κ3) is 12.2. The zero-order valence-electron chi connectivity index (χ0n) is 13.7. The Morgan fingerprint density at radius 2 is 1.08 bits per heavy atom. The third-order valence-corrected chi connectivity index (χ3v) is 9.71. The zero-order valence-corrected chi connectivity index (χ0v) is 17.0. The Hall–Kier alpha value is 2.88. The molecule has 0 rings (SSSR count). The van der Waals surface area contributed by atoms with Crippen molar-refractivity contribution in [1.29, 1.82) is 0 Å². The summed E-state index contributed by atoms with van der Waals surface area (Å²) in [7, 11) is -9.47. The van der Waals surface area contributed by atoms with Gasteiger partial charge in [-0.05, 0) is 12.8 Å². The first kappa shape index (κ1) is 32.5. The third-order valence-electron chi connectivity index (χ3n) is 3.21. The van der Waals surface area contributed by atoms with E-state index in [4.69, 9.17) is 32.2 Å². The summed E-state index contributed by atoms with van der Waals surface area (Å²) in [5.74, 6) is 0. The molecule has 0 fully saturated rings. The van der Waals surface area contributed by atoms with Crippen molar-refractivity contribution in [3.8, 4) is 0 Å². The molecule has 0 saturated carbocycles. The number of hydrogen-bond donors (Lipinski definition) is 2. The topological polar surface area (TPSA) is 93.1 Å². The standard InChI is InChI=1S/C13H28Cl2O6P2.2Na.2H/c1-3-5-7-9-11-20-22(16,17)13(14,15)23(18,19)21-12-10-8-6-4-2;;;;/h3-12H2,1-2H3,(H,16,17)(H,18,19);;;;. The molecule has 0 aliphatic heterocycles. The van der Waals surface area contributed by atoms with E-state index in [-0.39, 0.29) is 72.3 Å². The molecule has 0 aromatic rings. The molecule has 0 saturated heterocycles. The Bertz CT molecular complexity index is 393. The van der Waals surface area contributed by atoms with Gasteiger partial charge in [-0.2, -0.15) is 0 Å². The van der Waals surface area contributed by atoms with E-state index in [2.05, 4.69) is 0 Å². The van der Waals surface area contributed by atoms with Crippen LogP contribution in [0, 0.1) is 0 Å². The maximum absolute atomic E-state index is 12.1. The van der Waals surface area contributed by atoms with E-state index in [9.17, 15) is 18.9 Å². The number of rotatable bonds is 14. The van der Waals surface area contributed by atoms with E-state index in [1.807, 2.05) is 13.8 Å². The predicted molar refractivity (Wildman–Crippen MR) is 109 cm³/mol. The van der Waals surface area contributed by atoms with Gasteiger partial charge >= 0.3 is 78.1 Å². The van der Waals surface area contributed by atoms with Gasteiger partial charge in [0.25, 0.3) is 0 Å². The summed E-state index contributed by atoms with van der Waals surface area (Å²) in [6.45, 7) is 3.93. The fraction of sp³-hybridized carbons (Fsp3) is 1.00. The van der Waals surface area contributed by atoms with E-state index >= 15 is 0 Å². The Balaban J connectivity index is -0.00000242. The number of hydrogen-bond acceptors (Lipinski definition) is 4. The number of alkyl halides is 2. The molecule has 0 aliphatic rings. The number of unbranched alkanes of at least 4 members (excludes halogenated alkanes) is 6. The molecule has 0 bridgehead atoms. The van der Waals surface area contributed by atoms with E-state index in [0.29, 0.717) is 12.8 Å². The van der Waals surface area contributed by atoms with Crippen LogP contribution >= 0.6 is 38.4 Å². The fourth-order valence-electron chi connectivity index (χ4n) is 1.75. The summed E-state index contributed by atoms with van der Waals surface area (Å²) in [5, 5.41) is 0. The van der Waals surface area contributed by atoms with Gasteiger partial charge in [-0.15, -0.1) is 0 Å². The van der Waals surface area contributed by atoms with Gasteiger partial charge < -0.3 is 18.8 Å². The summed E-state index contributed by atoms with van der Waals surface area (Å²) >= 11 is 11.4. The quantitative estimate of drug-likeness (QED) is 0.173. The SMILES string of the molecule is CCCCCCOP(=O)(O)C(Cl)(Cl)P(=O)(O)OCCCCCC.[NaH].[NaH]. The fourth-order valence-corrected chi connectivity index (χ4v) is 5.02.